The molecule has 1 aromatic carbocycles. The van der Waals surface area contributed by atoms with Gasteiger partial charge in [0.15, 0.2) is 0 Å². The van der Waals surface area contributed by atoms with Crippen molar-refractivity contribution in [3.8, 4) is 0 Å². The number of ether oxygens (including phenoxy) is 1. The fraction of sp³-hybridized carbons (Fsp3) is 0.455. The third-order valence-electron chi connectivity index (χ3n) is 2.49. The minimum absolute atomic E-state index is 0.0831. The number of methoxy groups -OCH3 is 1. The van der Waals surface area contributed by atoms with Gasteiger partial charge in [0.05, 0.1) is 11.5 Å². The molecule has 1 rings (SSSR count). The van der Waals surface area contributed by atoms with E-state index in [4.69, 9.17) is 9.88 Å². The molecule has 3 N–H and O–H groups in total. The molecule has 0 saturated heterocycles. The first-order valence-corrected chi connectivity index (χ1v) is 7.80. The zero-order chi connectivity index (χ0) is 13.8. The molecule has 1 atom stereocenters. The van der Waals surface area contributed by atoms with E-state index in [1.807, 2.05) is 6.92 Å². The predicted molar refractivity (Wildman–Crippen MR) is 75.1 cm³/mol. The van der Waals surface area contributed by atoms with E-state index < -0.39 is 10.0 Å². The summed E-state index contributed by atoms with van der Waals surface area (Å²) in [6.45, 7) is 2.63. The van der Waals surface area contributed by atoms with E-state index in [0.29, 0.717) is 11.1 Å². The summed E-state index contributed by atoms with van der Waals surface area (Å²) in [5, 5.41) is 8.33. The summed E-state index contributed by atoms with van der Waals surface area (Å²) in [7, 11) is -2.03. The summed E-state index contributed by atoms with van der Waals surface area (Å²) in [6.07, 6.45) is 0.900. The average Bonchev–Trinajstić information content (AvgIpc) is 2.29. The highest BCUT2D eigenvalue weighted by Crippen LogP contribution is 2.26. The Balaban J connectivity index is 2.92. The molecule has 0 aliphatic rings. The Morgan fingerprint density at radius 2 is 2.17 bits per heavy atom. The van der Waals surface area contributed by atoms with Gasteiger partial charge in [-0.2, -0.15) is 0 Å². The van der Waals surface area contributed by atoms with Gasteiger partial charge in [0, 0.05) is 23.3 Å². The molecule has 1 aromatic rings. The van der Waals surface area contributed by atoms with Crippen LogP contribution in [0.1, 0.15) is 13.3 Å². The fourth-order valence-electron chi connectivity index (χ4n) is 1.47. The van der Waals surface area contributed by atoms with E-state index in [-0.39, 0.29) is 10.9 Å². The summed E-state index contributed by atoms with van der Waals surface area (Å²) >= 11 is 3.33. The molecule has 5 nitrogen and oxygen atoms in total. The third kappa shape index (κ3) is 4.24. The molecule has 102 valence electrons. The van der Waals surface area contributed by atoms with E-state index in [2.05, 4.69) is 21.2 Å². The Kier molecular flexibility index (Phi) is 5.58. The first kappa shape index (κ1) is 15.4. The van der Waals surface area contributed by atoms with Crippen molar-refractivity contribution in [1.82, 2.24) is 0 Å². The maximum atomic E-state index is 11.2. The maximum Gasteiger partial charge on any atom is 0.238 e. The first-order chi connectivity index (χ1) is 8.38. The van der Waals surface area contributed by atoms with E-state index in [1.165, 1.54) is 12.1 Å². The second kappa shape index (κ2) is 6.51. The number of halogens is 1. The van der Waals surface area contributed by atoms with Gasteiger partial charge in [-0.25, -0.2) is 13.6 Å². The third-order valence-corrected chi connectivity index (χ3v) is 4.06. The molecule has 0 aliphatic carbocycles. The van der Waals surface area contributed by atoms with Gasteiger partial charge in [-0.05, 0) is 40.5 Å². The molecule has 0 amide bonds. The number of benzene rings is 1. The van der Waals surface area contributed by atoms with Crippen LogP contribution in [0.4, 0.5) is 5.69 Å². The van der Waals surface area contributed by atoms with Crippen molar-refractivity contribution in [2.24, 2.45) is 5.14 Å². The SMILES string of the molecule is CCC(COC)Nc1ccc(S(N)(=O)=O)cc1Br. The van der Waals surface area contributed by atoms with Gasteiger partial charge in [-0.1, -0.05) is 6.92 Å². The van der Waals surface area contributed by atoms with Crippen molar-refractivity contribution in [3.05, 3.63) is 22.7 Å². The quantitative estimate of drug-likeness (QED) is 0.831. The van der Waals surface area contributed by atoms with Crippen LogP contribution < -0.4 is 10.5 Å². The molecule has 0 saturated carbocycles. The summed E-state index contributed by atoms with van der Waals surface area (Å²) in [5.41, 5.74) is 0.811. The van der Waals surface area contributed by atoms with E-state index in [0.717, 1.165) is 12.1 Å². The minimum Gasteiger partial charge on any atom is -0.383 e. The molecule has 1 unspecified atom stereocenters. The summed E-state index contributed by atoms with van der Waals surface area (Å²) < 4.78 is 28.1. The zero-order valence-electron chi connectivity index (χ0n) is 10.3. The highest BCUT2D eigenvalue weighted by Gasteiger charge is 2.12. The normalized spacial score (nSPS) is 13.3. The van der Waals surface area contributed by atoms with Crippen LogP contribution >= 0.6 is 15.9 Å². The van der Waals surface area contributed by atoms with Crippen LogP contribution in [0, 0.1) is 0 Å². The summed E-state index contributed by atoms with van der Waals surface area (Å²) in [6, 6.07) is 4.81. The number of nitrogens with one attached hydrogen (secondary N) is 1. The molecular weight excluding hydrogens is 320 g/mol. The molecule has 18 heavy (non-hydrogen) atoms. The molecule has 7 heteroatoms. The second-order valence-corrected chi connectivity index (χ2v) is 6.31. The summed E-state index contributed by atoms with van der Waals surface area (Å²) in [5.74, 6) is 0. The first-order valence-electron chi connectivity index (χ1n) is 5.46. The van der Waals surface area contributed by atoms with Gasteiger partial charge in [-0.15, -0.1) is 0 Å². The monoisotopic (exact) mass is 336 g/mol. The van der Waals surface area contributed by atoms with Gasteiger partial charge in [0.25, 0.3) is 0 Å². The van der Waals surface area contributed by atoms with Crippen LogP contribution in [0.2, 0.25) is 0 Å². The number of hydrogen-bond donors (Lipinski definition) is 2. The summed E-state index contributed by atoms with van der Waals surface area (Å²) in [4.78, 5) is 0.0831. The van der Waals surface area contributed by atoms with Gasteiger partial charge < -0.3 is 10.1 Å². The Labute approximate surface area is 116 Å². The molecule has 0 spiro atoms. The fourth-order valence-corrected chi connectivity index (χ4v) is 2.66. The van der Waals surface area contributed by atoms with Crippen molar-refractivity contribution in [2.75, 3.05) is 19.0 Å². The molecule has 0 aromatic heterocycles. The van der Waals surface area contributed by atoms with Gasteiger partial charge in [0.2, 0.25) is 10.0 Å². The lowest BCUT2D eigenvalue weighted by atomic mass is 10.2. The van der Waals surface area contributed by atoms with Crippen LogP contribution in [-0.4, -0.2) is 28.2 Å². The number of sulfonamides is 1. The number of anilines is 1. The van der Waals surface area contributed by atoms with E-state index in [1.54, 1.807) is 13.2 Å². The molecule has 0 bridgehead atoms. The lowest BCUT2D eigenvalue weighted by Gasteiger charge is -2.18. The van der Waals surface area contributed by atoms with Crippen LogP contribution in [0.5, 0.6) is 0 Å². The number of primary sulfonamides is 1. The Bertz CT molecular complexity index is 505. The molecule has 0 radical (unpaired) electrons. The molecule has 0 fully saturated rings. The Morgan fingerprint density at radius 1 is 1.50 bits per heavy atom. The van der Waals surface area contributed by atoms with Crippen LogP contribution in [0.15, 0.2) is 27.6 Å². The lowest BCUT2D eigenvalue weighted by molar-refractivity contribution is 0.184. The standard InChI is InChI=1S/C11H17BrN2O3S/c1-3-8(7-17-2)14-11-5-4-9(6-10(11)12)18(13,15)16/h4-6,8,14H,3,7H2,1-2H3,(H2,13,15,16). The van der Waals surface area contributed by atoms with Crippen molar-refractivity contribution >= 4 is 31.6 Å². The van der Waals surface area contributed by atoms with Crippen LogP contribution in [0.3, 0.4) is 0 Å². The predicted octanol–water partition coefficient (Wildman–Crippen LogP) is 1.93. The molecule has 0 aliphatic heterocycles. The van der Waals surface area contributed by atoms with E-state index >= 15 is 0 Å². The highest BCUT2D eigenvalue weighted by atomic mass is 79.9. The smallest absolute Gasteiger partial charge is 0.238 e. The van der Waals surface area contributed by atoms with Crippen LogP contribution in [0.25, 0.3) is 0 Å². The largest absolute Gasteiger partial charge is 0.383 e. The van der Waals surface area contributed by atoms with Crippen LogP contribution in [-0.2, 0) is 14.8 Å². The van der Waals surface area contributed by atoms with Gasteiger partial charge >= 0.3 is 0 Å². The van der Waals surface area contributed by atoms with Gasteiger partial charge in [0.1, 0.15) is 0 Å². The van der Waals surface area contributed by atoms with Crippen molar-refractivity contribution in [1.29, 1.82) is 0 Å². The number of hydrogen-bond acceptors (Lipinski definition) is 4. The Hall–Kier alpha value is -0.630. The number of rotatable bonds is 6. The topological polar surface area (TPSA) is 81.4 Å². The Morgan fingerprint density at radius 3 is 2.61 bits per heavy atom. The number of nitrogens with two attached hydrogens (primary N) is 1. The minimum atomic E-state index is -3.67. The van der Waals surface area contributed by atoms with Crippen molar-refractivity contribution in [3.63, 3.8) is 0 Å². The van der Waals surface area contributed by atoms with Gasteiger partial charge in [-0.3, -0.25) is 0 Å². The van der Waals surface area contributed by atoms with Crippen molar-refractivity contribution in [2.45, 2.75) is 24.3 Å². The molecular formula is C11H17BrN2O3S. The lowest BCUT2D eigenvalue weighted by Crippen LogP contribution is -2.24. The highest BCUT2D eigenvalue weighted by molar-refractivity contribution is 9.10. The second-order valence-electron chi connectivity index (χ2n) is 3.89. The maximum absolute atomic E-state index is 11.2. The van der Waals surface area contributed by atoms with E-state index in [9.17, 15) is 8.42 Å². The zero-order valence-corrected chi connectivity index (χ0v) is 12.7. The van der Waals surface area contributed by atoms with Crippen molar-refractivity contribution < 1.29 is 13.2 Å². The average molecular weight is 337 g/mol. The molecule has 0 heterocycles.